The third-order valence-corrected chi connectivity index (χ3v) is 4.77. The van der Waals surface area contributed by atoms with Crippen LogP contribution in [-0.2, 0) is 13.6 Å². The molecular formula is C19H20F2N2O2. The van der Waals surface area contributed by atoms with Crippen LogP contribution in [-0.4, -0.2) is 21.4 Å². The van der Waals surface area contributed by atoms with Crippen molar-refractivity contribution in [1.29, 1.82) is 0 Å². The van der Waals surface area contributed by atoms with E-state index in [1.54, 1.807) is 13.1 Å². The Bertz CT molecular complexity index is 821. The smallest absolute Gasteiger partial charge is 0.254 e. The van der Waals surface area contributed by atoms with E-state index in [9.17, 15) is 18.4 Å². The van der Waals surface area contributed by atoms with Gasteiger partial charge in [-0.3, -0.25) is 9.59 Å². The van der Waals surface area contributed by atoms with Gasteiger partial charge in [0, 0.05) is 36.5 Å². The molecule has 0 aliphatic heterocycles. The molecule has 4 nitrogen and oxygen atoms in total. The summed E-state index contributed by atoms with van der Waals surface area (Å²) >= 11 is 0. The van der Waals surface area contributed by atoms with Gasteiger partial charge in [-0.15, -0.1) is 0 Å². The van der Waals surface area contributed by atoms with Crippen molar-refractivity contribution in [2.24, 2.45) is 7.05 Å². The number of rotatable bonds is 4. The van der Waals surface area contributed by atoms with E-state index in [1.807, 2.05) is 0 Å². The molecule has 3 rings (SSSR count). The molecule has 132 valence electrons. The minimum absolute atomic E-state index is 0.0736. The Labute approximate surface area is 144 Å². The lowest BCUT2D eigenvalue weighted by atomic mass is 10.1. The highest BCUT2D eigenvalue weighted by atomic mass is 19.1. The summed E-state index contributed by atoms with van der Waals surface area (Å²) < 4.78 is 29.5. The molecule has 1 heterocycles. The van der Waals surface area contributed by atoms with Crippen LogP contribution < -0.4 is 5.56 Å². The van der Waals surface area contributed by atoms with Crippen LogP contribution in [0.15, 0.2) is 41.3 Å². The molecule has 0 unspecified atom stereocenters. The minimum Gasteiger partial charge on any atom is -0.331 e. The summed E-state index contributed by atoms with van der Waals surface area (Å²) in [4.78, 5) is 26.3. The van der Waals surface area contributed by atoms with Gasteiger partial charge in [0.1, 0.15) is 11.6 Å². The van der Waals surface area contributed by atoms with Gasteiger partial charge in [0.15, 0.2) is 0 Å². The van der Waals surface area contributed by atoms with E-state index in [0.717, 1.165) is 25.7 Å². The van der Waals surface area contributed by atoms with Crippen LogP contribution in [0.4, 0.5) is 8.78 Å². The van der Waals surface area contributed by atoms with Crippen LogP contribution in [0.5, 0.6) is 0 Å². The average molecular weight is 346 g/mol. The van der Waals surface area contributed by atoms with Gasteiger partial charge in [0.25, 0.3) is 11.5 Å². The van der Waals surface area contributed by atoms with Crippen molar-refractivity contribution in [1.82, 2.24) is 9.47 Å². The molecule has 1 fully saturated rings. The lowest BCUT2D eigenvalue weighted by Crippen LogP contribution is -2.39. The predicted molar refractivity (Wildman–Crippen MR) is 90.2 cm³/mol. The van der Waals surface area contributed by atoms with Gasteiger partial charge in [-0.05, 0) is 31.0 Å². The molecule has 1 aromatic carbocycles. The lowest BCUT2D eigenvalue weighted by molar-refractivity contribution is 0.0659. The van der Waals surface area contributed by atoms with Gasteiger partial charge in [-0.2, -0.15) is 0 Å². The summed E-state index contributed by atoms with van der Waals surface area (Å²) in [7, 11) is 1.60. The molecule has 6 heteroatoms. The van der Waals surface area contributed by atoms with Crippen molar-refractivity contribution in [2.75, 3.05) is 0 Å². The molecule has 2 aromatic rings. The number of amides is 1. The first-order chi connectivity index (χ1) is 12.0. The second-order valence-electron chi connectivity index (χ2n) is 6.44. The van der Waals surface area contributed by atoms with Crippen LogP contribution in [0.1, 0.15) is 41.6 Å². The number of pyridine rings is 1. The highest BCUT2D eigenvalue weighted by Crippen LogP contribution is 2.27. The van der Waals surface area contributed by atoms with Crippen molar-refractivity contribution in [3.05, 3.63) is 69.6 Å². The highest BCUT2D eigenvalue weighted by molar-refractivity contribution is 5.94. The molecule has 1 aliphatic carbocycles. The second-order valence-corrected chi connectivity index (χ2v) is 6.44. The fraction of sp³-hybridized carbons (Fsp3) is 0.368. The summed E-state index contributed by atoms with van der Waals surface area (Å²) in [6, 6.07) is 6.43. The van der Waals surface area contributed by atoms with E-state index in [-0.39, 0.29) is 35.2 Å². The van der Waals surface area contributed by atoms with Gasteiger partial charge < -0.3 is 9.47 Å². The van der Waals surface area contributed by atoms with Crippen LogP contribution >= 0.6 is 0 Å². The van der Waals surface area contributed by atoms with E-state index >= 15 is 0 Å². The molecular weight excluding hydrogens is 326 g/mol. The number of carbonyl (C=O) groups excluding carboxylic acids is 1. The fourth-order valence-electron chi connectivity index (χ4n) is 3.28. The van der Waals surface area contributed by atoms with Crippen molar-refractivity contribution >= 4 is 5.91 Å². The van der Waals surface area contributed by atoms with Gasteiger partial charge in [-0.25, -0.2) is 8.78 Å². The SMILES string of the molecule is Cn1ccc(C(=O)N(Cc2c(F)cccc2F)C2CCCC2)cc1=O. The normalized spacial score (nSPS) is 14.7. The van der Waals surface area contributed by atoms with Crippen molar-refractivity contribution in [3.8, 4) is 0 Å². The first-order valence-corrected chi connectivity index (χ1v) is 8.38. The molecule has 0 N–H and O–H groups in total. The molecule has 25 heavy (non-hydrogen) atoms. The largest absolute Gasteiger partial charge is 0.331 e. The average Bonchev–Trinajstić information content (AvgIpc) is 3.11. The summed E-state index contributed by atoms with van der Waals surface area (Å²) in [5.74, 6) is -1.70. The summed E-state index contributed by atoms with van der Waals surface area (Å²) in [5, 5.41) is 0. The Kier molecular flexibility index (Phi) is 4.97. The zero-order valence-corrected chi connectivity index (χ0v) is 14.0. The first kappa shape index (κ1) is 17.3. The molecule has 1 aliphatic rings. The summed E-state index contributed by atoms with van der Waals surface area (Å²) in [6.45, 7) is -0.142. The van der Waals surface area contributed by atoms with Crippen molar-refractivity contribution in [3.63, 3.8) is 0 Å². The predicted octanol–water partition coefficient (Wildman–Crippen LogP) is 3.25. The van der Waals surface area contributed by atoms with E-state index in [2.05, 4.69) is 0 Å². The molecule has 0 radical (unpaired) electrons. The molecule has 0 atom stereocenters. The summed E-state index contributed by atoms with van der Waals surface area (Å²) in [5.41, 5.74) is -0.173. The fourth-order valence-corrected chi connectivity index (χ4v) is 3.28. The number of carbonyl (C=O) groups is 1. The maximum atomic E-state index is 14.0. The number of benzene rings is 1. The second kappa shape index (κ2) is 7.17. The number of aromatic nitrogens is 1. The number of nitrogens with zero attached hydrogens (tertiary/aromatic N) is 2. The third-order valence-electron chi connectivity index (χ3n) is 4.77. The molecule has 1 aromatic heterocycles. The van der Waals surface area contributed by atoms with Crippen LogP contribution in [0, 0.1) is 11.6 Å². The van der Waals surface area contributed by atoms with E-state index < -0.39 is 11.6 Å². The third kappa shape index (κ3) is 3.62. The summed E-state index contributed by atoms with van der Waals surface area (Å²) in [6.07, 6.45) is 5.07. The maximum Gasteiger partial charge on any atom is 0.254 e. The monoisotopic (exact) mass is 346 g/mol. The molecule has 1 saturated carbocycles. The van der Waals surface area contributed by atoms with E-state index in [1.165, 1.54) is 39.9 Å². The number of hydrogen-bond acceptors (Lipinski definition) is 2. The molecule has 0 spiro atoms. The quantitative estimate of drug-likeness (QED) is 0.853. The lowest BCUT2D eigenvalue weighted by Gasteiger charge is -2.29. The maximum absolute atomic E-state index is 14.0. The Hall–Kier alpha value is -2.50. The zero-order chi connectivity index (χ0) is 18.0. The minimum atomic E-state index is -0.667. The Morgan fingerprint density at radius 1 is 1.20 bits per heavy atom. The number of hydrogen-bond donors (Lipinski definition) is 0. The van der Waals surface area contributed by atoms with Crippen LogP contribution in [0.2, 0.25) is 0 Å². The number of halogens is 2. The van der Waals surface area contributed by atoms with Crippen LogP contribution in [0.3, 0.4) is 0 Å². The standard InChI is InChI=1S/C19H20F2N2O2/c1-22-10-9-13(11-18(22)24)19(25)23(14-5-2-3-6-14)12-15-16(20)7-4-8-17(15)21/h4,7-11,14H,2-3,5-6,12H2,1H3. The Morgan fingerprint density at radius 2 is 1.84 bits per heavy atom. The Morgan fingerprint density at radius 3 is 2.44 bits per heavy atom. The molecule has 1 amide bonds. The zero-order valence-electron chi connectivity index (χ0n) is 14.0. The number of aryl methyl sites for hydroxylation is 1. The van der Waals surface area contributed by atoms with Gasteiger partial charge >= 0.3 is 0 Å². The molecule has 0 bridgehead atoms. The highest BCUT2D eigenvalue weighted by Gasteiger charge is 2.29. The topological polar surface area (TPSA) is 42.3 Å². The van der Waals surface area contributed by atoms with E-state index in [0.29, 0.717) is 0 Å². The Balaban J connectivity index is 1.95. The van der Waals surface area contributed by atoms with Crippen molar-refractivity contribution in [2.45, 2.75) is 38.3 Å². The van der Waals surface area contributed by atoms with Gasteiger partial charge in [0.2, 0.25) is 0 Å². The molecule has 0 saturated heterocycles. The van der Waals surface area contributed by atoms with Gasteiger partial charge in [-0.1, -0.05) is 18.9 Å². The first-order valence-electron chi connectivity index (χ1n) is 8.38. The van der Waals surface area contributed by atoms with Crippen molar-refractivity contribution < 1.29 is 13.6 Å². The van der Waals surface area contributed by atoms with Gasteiger partial charge in [0.05, 0.1) is 6.54 Å². The van der Waals surface area contributed by atoms with E-state index in [4.69, 9.17) is 0 Å². The van der Waals surface area contributed by atoms with Crippen LogP contribution in [0.25, 0.3) is 0 Å².